The number of pyridine rings is 1. The zero-order chi connectivity index (χ0) is 15.0. The van der Waals surface area contributed by atoms with E-state index in [0.29, 0.717) is 24.5 Å². The topological polar surface area (TPSA) is 85.7 Å². The van der Waals surface area contributed by atoms with Gasteiger partial charge >= 0.3 is 0 Å². The molecule has 1 aliphatic heterocycles. The molecule has 0 atom stereocenters. The molecule has 6 heteroatoms. The van der Waals surface area contributed by atoms with E-state index in [1.54, 1.807) is 6.20 Å². The Bertz CT molecular complexity index is 803. The predicted molar refractivity (Wildman–Crippen MR) is 78.0 cm³/mol. The highest BCUT2D eigenvalue weighted by Gasteiger charge is 2.23. The molecule has 2 aromatic heterocycles. The Morgan fingerprint density at radius 2 is 2.19 bits per heavy atom. The first kappa shape index (κ1) is 13.3. The van der Waals surface area contributed by atoms with Gasteiger partial charge in [0.25, 0.3) is 0 Å². The molecule has 0 spiro atoms. The van der Waals surface area contributed by atoms with Gasteiger partial charge in [0.05, 0.1) is 12.2 Å². The van der Waals surface area contributed by atoms with Crippen LogP contribution in [0, 0.1) is 25.2 Å². The molecule has 0 unspecified atom stereocenters. The third kappa shape index (κ3) is 2.17. The molecule has 0 fully saturated rings. The van der Waals surface area contributed by atoms with Crippen LogP contribution >= 0.6 is 0 Å². The highest BCUT2D eigenvalue weighted by atomic mass is 16.1. The fourth-order valence-corrected chi connectivity index (χ4v) is 2.60. The summed E-state index contributed by atoms with van der Waals surface area (Å²) in [6.45, 7) is 4.87. The van der Waals surface area contributed by atoms with Gasteiger partial charge in [0.15, 0.2) is 11.2 Å². The second kappa shape index (κ2) is 5.02. The second-order valence-electron chi connectivity index (χ2n) is 5.19. The Balaban J connectivity index is 2.05. The number of H-pyrrole nitrogens is 1. The van der Waals surface area contributed by atoms with Gasteiger partial charge in [-0.3, -0.25) is 4.79 Å². The monoisotopic (exact) mass is 281 g/mol. The number of aromatic amines is 1. The van der Waals surface area contributed by atoms with E-state index in [9.17, 15) is 10.1 Å². The molecule has 1 N–H and O–H groups in total. The van der Waals surface area contributed by atoms with E-state index in [-0.39, 0.29) is 5.43 Å². The standard InChI is InChI=1S/C15H15N5O/c1-9-10(2)18-19-15(11(9)7-16)20-6-4-13-12(8-20)14(21)3-5-17-13/h3,5H,4,6,8H2,1-2H3,(H,17,21). The number of aryl methyl sites for hydroxylation is 1. The van der Waals surface area contributed by atoms with Gasteiger partial charge in [0.2, 0.25) is 0 Å². The first-order valence-corrected chi connectivity index (χ1v) is 6.80. The van der Waals surface area contributed by atoms with E-state index in [0.717, 1.165) is 28.9 Å². The summed E-state index contributed by atoms with van der Waals surface area (Å²) < 4.78 is 0. The maximum Gasteiger partial charge on any atom is 0.186 e. The molecule has 6 nitrogen and oxygen atoms in total. The molecule has 0 amide bonds. The predicted octanol–water partition coefficient (Wildman–Crippen LogP) is 1.22. The Kier molecular flexibility index (Phi) is 3.18. The number of aromatic nitrogens is 3. The molecule has 3 rings (SSSR count). The molecule has 3 heterocycles. The van der Waals surface area contributed by atoms with Crippen LogP contribution in [0.15, 0.2) is 17.1 Å². The lowest BCUT2D eigenvalue weighted by Crippen LogP contribution is -2.35. The smallest absolute Gasteiger partial charge is 0.186 e. The van der Waals surface area contributed by atoms with Gasteiger partial charge in [-0.1, -0.05) is 0 Å². The number of rotatable bonds is 1. The molecular formula is C15H15N5O. The van der Waals surface area contributed by atoms with E-state index in [1.807, 2.05) is 18.7 Å². The Morgan fingerprint density at radius 3 is 2.95 bits per heavy atom. The van der Waals surface area contributed by atoms with Crippen LogP contribution in [-0.4, -0.2) is 21.7 Å². The average Bonchev–Trinajstić information content (AvgIpc) is 2.50. The fraction of sp³-hybridized carbons (Fsp3) is 0.333. The van der Waals surface area contributed by atoms with Crippen molar-refractivity contribution in [1.82, 2.24) is 15.2 Å². The van der Waals surface area contributed by atoms with Gasteiger partial charge in [-0.05, 0) is 19.4 Å². The number of hydrogen-bond donors (Lipinski definition) is 1. The first-order valence-electron chi connectivity index (χ1n) is 6.80. The quantitative estimate of drug-likeness (QED) is 0.849. The summed E-state index contributed by atoms with van der Waals surface area (Å²) in [5, 5.41) is 17.7. The second-order valence-corrected chi connectivity index (χ2v) is 5.19. The highest BCUT2D eigenvalue weighted by molar-refractivity contribution is 5.58. The SMILES string of the molecule is Cc1nnc(N2CCc3[nH]ccc(=O)c3C2)c(C#N)c1C. The summed E-state index contributed by atoms with van der Waals surface area (Å²) in [6, 6.07) is 3.74. The van der Waals surface area contributed by atoms with Gasteiger partial charge < -0.3 is 9.88 Å². The molecular weight excluding hydrogens is 266 g/mol. The van der Waals surface area contributed by atoms with Crippen LogP contribution < -0.4 is 10.3 Å². The molecule has 0 saturated carbocycles. The van der Waals surface area contributed by atoms with Crippen LogP contribution in [0.2, 0.25) is 0 Å². The largest absolute Gasteiger partial charge is 0.364 e. The van der Waals surface area contributed by atoms with Crippen molar-refractivity contribution in [2.45, 2.75) is 26.8 Å². The van der Waals surface area contributed by atoms with Gasteiger partial charge in [-0.2, -0.15) is 10.4 Å². The van der Waals surface area contributed by atoms with Gasteiger partial charge in [0.1, 0.15) is 11.6 Å². The lowest BCUT2D eigenvalue weighted by atomic mass is 10.0. The average molecular weight is 281 g/mol. The lowest BCUT2D eigenvalue weighted by molar-refractivity contribution is 0.688. The Morgan fingerprint density at radius 1 is 1.38 bits per heavy atom. The lowest BCUT2D eigenvalue weighted by Gasteiger charge is -2.29. The van der Waals surface area contributed by atoms with E-state index < -0.39 is 0 Å². The minimum atomic E-state index is 0.0174. The number of nitriles is 1. The van der Waals surface area contributed by atoms with E-state index in [4.69, 9.17) is 0 Å². The Hall–Kier alpha value is -2.68. The van der Waals surface area contributed by atoms with Crippen molar-refractivity contribution in [2.75, 3.05) is 11.4 Å². The van der Waals surface area contributed by atoms with E-state index >= 15 is 0 Å². The molecule has 106 valence electrons. The van der Waals surface area contributed by atoms with Crippen LogP contribution in [-0.2, 0) is 13.0 Å². The van der Waals surface area contributed by atoms with E-state index in [2.05, 4.69) is 21.3 Å². The molecule has 21 heavy (non-hydrogen) atoms. The van der Waals surface area contributed by atoms with Crippen LogP contribution in [0.1, 0.15) is 28.1 Å². The summed E-state index contributed by atoms with van der Waals surface area (Å²) in [5.74, 6) is 0.564. The zero-order valence-electron chi connectivity index (χ0n) is 12.0. The van der Waals surface area contributed by atoms with Crippen molar-refractivity contribution in [2.24, 2.45) is 0 Å². The number of anilines is 1. The molecule has 0 saturated heterocycles. The highest BCUT2D eigenvalue weighted by Crippen LogP contribution is 2.25. The third-order valence-corrected chi connectivity index (χ3v) is 3.98. The first-order chi connectivity index (χ1) is 10.1. The van der Waals surface area contributed by atoms with Crippen molar-refractivity contribution >= 4 is 5.82 Å². The number of nitrogens with zero attached hydrogens (tertiary/aromatic N) is 4. The molecule has 2 aromatic rings. The minimum absolute atomic E-state index is 0.0174. The van der Waals surface area contributed by atoms with Crippen LogP contribution in [0.4, 0.5) is 5.82 Å². The molecule has 0 aliphatic carbocycles. The van der Waals surface area contributed by atoms with Crippen molar-refractivity contribution in [3.05, 3.63) is 50.6 Å². The third-order valence-electron chi connectivity index (χ3n) is 3.98. The molecule has 0 bridgehead atoms. The fourth-order valence-electron chi connectivity index (χ4n) is 2.60. The maximum atomic E-state index is 12.0. The molecule has 1 aliphatic rings. The van der Waals surface area contributed by atoms with Crippen molar-refractivity contribution < 1.29 is 0 Å². The normalized spacial score (nSPS) is 13.7. The number of nitrogens with one attached hydrogen (secondary N) is 1. The summed E-state index contributed by atoms with van der Waals surface area (Å²) >= 11 is 0. The van der Waals surface area contributed by atoms with Crippen LogP contribution in [0.3, 0.4) is 0 Å². The van der Waals surface area contributed by atoms with Crippen molar-refractivity contribution in [3.8, 4) is 6.07 Å². The van der Waals surface area contributed by atoms with Gasteiger partial charge in [-0.25, -0.2) is 0 Å². The minimum Gasteiger partial charge on any atom is -0.364 e. The Labute approximate surface area is 122 Å². The van der Waals surface area contributed by atoms with Crippen molar-refractivity contribution in [3.63, 3.8) is 0 Å². The summed E-state index contributed by atoms with van der Waals surface area (Å²) in [5.41, 5.74) is 3.87. The molecule has 0 radical (unpaired) electrons. The van der Waals surface area contributed by atoms with Crippen LogP contribution in [0.25, 0.3) is 0 Å². The van der Waals surface area contributed by atoms with E-state index in [1.165, 1.54) is 6.07 Å². The van der Waals surface area contributed by atoms with Gasteiger partial charge in [-0.15, -0.1) is 5.10 Å². The number of fused-ring (bicyclic) bond motifs is 1. The maximum absolute atomic E-state index is 12.0. The van der Waals surface area contributed by atoms with Crippen molar-refractivity contribution in [1.29, 1.82) is 5.26 Å². The zero-order valence-corrected chi connectivity index (χ0v) is 12.0. The summed E-state index contributed by atoms with van der Waals surface area (Å²) in [6.07, 6.45) is 2.40. The summed E-state index contributed by atoms with van der Waals surface area (Å²) in [4.78, 5) is 17.0. The van der Waals surface area contributed by atoms with Crippen LogP contribution in [0.5, 0.6) is 0 Å². The van der Waals surface area contributed by atoms with Gasteiger partial charge in [0, 0.05) is 36.5 Å². The molecule has 0 aromatic carbocycles. The summed E-state index contributed by atoms with van der Waals surface area (Å²) in [7, 11) is 0. The number of hydrogen-bond acceptors (Lipinski definition) is 5.